The van der Waals surface area contributed by atoms with E-state index in [1.54, 1.807) is 6.92 Å². The lowest BCUT2D eigenvalue weighted by Gasteiger charge is -2.40. The van der Waals surface area contributed by atoms with Crippen molar-refractivity contribution in [2.45, 2.75) is 96.1 Å². The van der Waals surface area contributed by atoms with Crippen LogP contribution in [0, 0.1) is 0 Å². The maximum atomic E-state index is 13.3. The molecule has 0 spiro atoms. The molecule has 1 aliphatic rings. The summed E-state index contributed by atoms with van der Waals surface area (Å²) in [5.74, 6) is 0. The number of carbonyl (C=O) groups excluding carboxylic acids is 1. The summed E-state index contributed by atoms with van der Waals surface area (Å²) in [5.41, 5.74) is -2.93. The van der Waals surface area contributed by atoms with Crippen molar-refractivity contribution in [3.63, 3.8) is 0 Å². The van der Waals surface area contributed by atoms with Crippen LogP contribution in [-0.4, -0.2) is 23.6 Å². The predicted octanol–water partition coefficient (Wildman–Crippen LogP) is 8.56. The minimum atomic E-state index is -4.94. The number of hydrogen-bond donors (Lipinski definition) is 0. The smallest absolute Gasteiger partial charge is 0.416 e. The number of alkyl halides is 6. The van der Waals surface area contributed by atoms with Gasteiger partial charge in [0.05, 0.1) is 23.8 Å². The van der Waals surface area contributed by atoms with Crippen LogP contribution in [0.25, 0.3) is 0 Å². The quantitative estimate of drug-likeness (QED) is 0.236. The lowest BCUT2D eigenvalue weighted by atomic mass is 9.93. The number of halogens is 7. The Balaban J connectivity index is 0.00000544. The Hall–Kier alpha value is -1.64. The highest BCUT2D eigenvalue weighted by Crippen LogP contribution is 2.40. The Bertz CT molecular complexity index is 721. The molecule has 1 heterocycles. The van der Waals surface area contributed by atoms with Crippen molar-refractivity contribution in [2.75, 3.05) is 6.61 Å². The molecule has 2 unspecified atom stereocenters. The number of ether oxygens (including phenoxy) is 1. The first-order chi connectivity index (χ1) is 15.0. The van der Waals surface area contributed by atoms with Gasteiger partial charge in [-0.3, -0.25) is 4.90 Å². The zero-order valence-corrected chi connectivity index (χ0v) is 19.7. The third kappa shape index (κ3) is 8.26. The normalized spacial score (nSPS) is 18.0. The Morgan fingerprint density at radius 3 is 2.00 bits per heavy atom. The minimum absolute atomic E-state index is 0. The average Bonchev–Trinajstić information content (AvgIpc) is 2.71. The Labute approximate surface area is 197 Å². The lowest BCUT2D eigenvalue weighted by Crippen LogP contribution is -2.47. The Morgan fingerprint density at radius 1 is 0.939 bits per heavy atom. The monoisotopic (exact) mass is 503 g/mol. The topological polar surface area (TPSA) is 29.5 Å². The molecule has 0 aliphatic carbocycles. The molecule has 2 rings (SSSR count). The van der Waals surface area contributed by atoms with Crippen LogP contribution in [0.1, 0.15) is 94.4 Å². The van der Waals surface area contributed by atoms with E-state index in [1.165, 1.54) is 4.90 Å². The fourth-order valence-electron chi connectivity index (χ4n) is 4.23. The van der Waals surface area contributed by atoms with Crippen LogP contribution in [0.4, 0.5) is 31.1 Å². The number of benzene rings is 1. The van der Waals surface area contributed by atoms with Gasteiger partial charge in [0.25, 0.3) is 0 Å². The number of carbonyl (C=O) groups is 1. The Kier molecular flexibility index (Phi) is 11.3. The summed E-state index contributed by atoms with van der Waals surface area (Å²) in [6.07, 6.45) is -2.99. The van der Waals surface area contributed by atoms with E-state index < -0.39 is 35.6 Å². The fraction of sp³-hybridized carbons (Fsp3) is 0.696. The molecule has 190 valence electrons. The molecule has 0 saturated carbocycles. The van der Waals surface area contributed by atoms with Gasteiger partial charge >= 0.3 is 18.4 Å². The summed E-state index contributed by atoms with van der Waals surface area (Å²) < 4.78 is 85.0. The molecule has 3 nitrogen and oxygen atoms in total. The fourth-order valence-corrected chi connectivity index (χ4v) is 4.23. The summed E-state index contributed by atoms with van der Waals surface area (Å²) in [5, 5.41) is 0. The number of cyclic esters (lactones) is 1. The summed E-state index contributed by atoms with van der Waals surface area (Å²) in [7, 11) is 0. The average molecular weight is 504 g/mol. The van der Waals surface area contributed by atoms with Gasteiger partial charge in [0, 0.05) is 12.5 Å². The minimum Gasteiger partial charge on any atom is -0.449 e. The molecule has 1 saturated heterocycles. The van der Waals surface area contributed by atoms with Crippen LogP contribution >= 0.6 is 12.4 Å². The van der Waals surface area contributed by atoms with Crippen LogP contribution < -0.4 is 0 Å². The van der Waals surface area contributed by atoms with Gasteiger partial charge in [0.1, 0.15) is 0 Å². The van der Waals surface area contributed by atoms with E-state index >= 15 is 0 Å². The van der Waals surface area contributed by atoms with E-state index in [-0.39, 0.29) is 43.1 Å². The van der Waals surface area contributed by atoms with Gasteiger partial charge in [-0.1, -0.05) is 52.4 Å². The summed E-state index contributed by atoms with van der Waals surface area (Å²) in [6, 6.07) is 0.325. The molecule has 0 aromatic heterocycles. The molecular formula is C23H32ClF6NO2. The second-order valence-corrected chi connectivity index (χ2v) is 8.28. The van der Waals surface area contributed by atoms with Crippen molar-refractivity contribution < 1.29 is 35.9 Å². The third-order valence-electron chi connectivity index (χ3n) is 5.89. The molecule has 1 aromatic carbocycles. The van der Waals surface area contributed by atoms with Crippen molar-refractivity contribution in [2.24, 2.45) is 0 Å². The first-order valence-corrected chi connectivity index (χ1v) is 11.2. The molecule has 0 N–H and O–H groups in total. The number of amides is 1. The largest absolute Gasteiger partial charge is 0.449 e. The van der Waals surface area contributed by atoms with E-state index in [9.17, 15) is 31.1 Å². The van der Waals surface area contributed by atoms with Crippen molar-refractivity contribution in [3.8, 4) is 0 Å². The van der Waals surface area contributed by atoms with Gasteiger partial charge in [0.2, 0.25) is 0 Å². The molecule has 1 amide bonds. The molecule has 1 fully saturated rings. The number of unbranched alkanes of at least 4 members (excludes halogenated alkanes) is 5. The van der Waals surface area contributed by atoms with E-state index in [1.807, 2.05) is 0 Å². The highest BCUT2D eigenvalue weighted by atomic mass is 35.5. The van der Waals surface area contributed by atoms with Crippen LogP contribution in [0.3, 0.4) is 0 Å². The first-order valence-electron chi connectivity index (χ1n) is 11.2. The zero-order chi connectivity index (χ0) is 23.9. The van der Waals surface area contributed by atoms with Gasteiger partial charge in [-0.15, -0.1) is 12.4 Å². The van der Waals surface area contributed by atoms with Crippen LogP contribution in [0.2, 0.25) is 0 Å². The molecule has 0 bridgehead atoms. The van der Waals surface area contributed by atoms with Crippen molar-refractivity contribution >= 4 is 18.5 Å². The highest BCUT2D eigenvalue weighted by molar-refractivity contribution is 5.85. The van der Waals surface area contributed by atoms with E-state index in [2.05, 4.69) is 6.92 Å². The Morgan fingerprint density at radius 2 is 1.48 bits per heavy atom. The second kappa shape index (κ2) is 12.7. The zero-order valence-electron chi connectivity index (χ0n) is 18.9. The van der Waals surface area contributed by atoms with Gasteiger partial charge in [0.15, 0.2) is 0 Å². The molecule has 0 radical (unpaired) electrons. The molecule has 1 aliphatic heterocycles. The van der Waals surface area contributed by atoms with Gasteiger partial charge in [-0.2, -0.15) is 26.3 Å². The van der Waals surface area contributed by atoms with Crippen LogP contribution in [-0.2, 0) is 17.1 Å². The molecule has 10 heteroatoms. The molecular weight excluding hydrogens is 472 g/mol. The van der Waals surface area contributed by atoms with Gasteiger partial charge < -0.3 is 4.74 Å². The van der Waals surface area contributed by atoms with E-state index in [0.29, 0.717) is 25.0 Å². The molecule has 1 aromatic rings. The molecule has 2 atom stereocenters. The number of rotatable bonds is 10. The lowest BCUT2D eigenvalue weighted by molar-refractivity contribution is -0.143. The van der Waals surface area contributed by atoms with Crippen LogP contribution in [0.5, 0.6) is 0 Å². The summed E-state index contributed by atoms with van der Waals surface area (Å²) in [6.45, 7) is 3.96. The van der Waals surface area contributed by atoms with Crippen molar-refractivity contribution in [1.82, 2.24) is 4.90 Å². The van der Waals surface area contributed by atoms with Crippen LogP contribution in [0.15, 0.2) is 18.2 Å². The van der Waals surface area contributed by atoms with Crippen molar-refractivity contribution in [1.29, 1.82) is 0 Å². The van der Waals surface area contributed by atoms with E-state index in [4.69, 9.17) is 4.74 Å². The molecule has 33 heavy (non-hydrogen) atoms. The van der Waals surface area contributed by atoms with Gasteiger partial charge in [-0.05, 0) is 36.6 Å². The predicted molar refractivity (Wildman–Crippen MR) is 116 cm³/mol. The number of nitrogens with zero attached hydrogens (tertiary/aromatic N) is 1. The second-order valence-electron chi connectivity index (χ2n) is 8.28. The highest BCUT2D eigenvalue weighted by Gasteiger charge is 2.40. The number of hydrogen-bond acceptors (Lipinski definition) is 2. The summed E-state index contributed by atoms with van der Waals surface area (Å²) >= 11 is 0. The standard InChI is InChI=1S/C23H31F6NO2.ClH/c1-3-5-6-7-8-9-10-19-11-12-32-21(31)30(19)20(4-2)16-13-17(22(24,25)26)15-18(14-16)23(27,28)29;/h13-15,19-20H,3-12H2,1-2H3;1H. The SMILES string of the molecule is CCCCCCCCC1CCOC(=O)N1C(CC)c1cc(C(F)(F)F)cc(C(F)(F)F)c1.Cl. The summed E-state index contributed by atoms with van der Waals surface area (Å²) in [4.78, 5) is 13.9. The van der Waals surface area contributed by atoms with Gasteiger partial charge in [-0.25, -0.2) is 4.79 Å². The van der Waals surface area contributed by atoms with E-state index in [0.717, 1.165) is 38.5 Å². The maximum absolute atomic E-state index is 13.3. The first kappa shape index (κ1) is 29.4. The van der Waals surface area contributed by atoms with Crippen molar-refractivity contribution in [3.05, 3.63) is 34.9 Å². The third-order valence-corrected chi connectivity index (χ3v) is 5.89. The maximum Gasteiger partial charge on any atom is 0.416 e.